The van der Waals surface area contributed by atoms with Gasteiger partial charge in [0.25, 0.3) is 0 Å². The molecular weight excluding hydrogens is 418 g/mol. The maximum absolute atomic E-state index is 13.0. The van der Waals surface area contributed by atoms with Crippen LogP contribution in [0.2, 0.25) is 0 Å². The molecule has 4 rings (SSSR count). The largest absolute Gasteiger partial charge is 0.463 e. The van der Waals surface area contributed by atoms with Crippen molar-refractivity contribution in [2.24, 2.45) is 0 Å². The molecule has 1 aromatic heterocycles. The van der Waals surface area contributed by atoms with Crippen molar-refractivity contribution in [1.82, 2.24) is 14.8 Å². The van der Waals surface area contributed by atoms with Crippen LogP contribution < -0.4 is 10.2 Å². The number of nitrogens with zero attached hydrogens (tertiary/aromatic N) is 4. The molecule has 8 nitrogen and oxygen atoms in total. The predicted molar refractivity (Wildman–Crippen MR) is 126 cm³/mol. The van der Waals surface area contributed by atoms with Crippen LogP contribution in [0.5, 0.6) is 0 Å². The van der Waals surface area contributed by atoms with Crippen molar-refractivity contribution in [1.29, 1.82) is 0 Å². The number of rotatable bonds is 7. The quantitative estimate of drug-likeness (QED) is 0.558. The van der Waals surface area contributed by atoms with Gasteiger partial charge in [0.2, 0.25) is 11.9 Å². The number of benzene rings is 2. The Labute approximate surface area is 192 Å². The molecule has 0 bridgehead atoms. The summed E-state index contributed by atoms with van der Waals surface area (Å²) >= 11 is 0. The van der Waals surface area contributed by atoms with E-state index >= 15 is 0 Å². The van der Waals surface area contributed by atoms with Crippen LogP contribution in [0.1, 0.15) is 37.9 Å². The molecule has 2 heterocycles. The third kappa shape index (κ3) is 4.50. The zero-order valence-electron chi connectivity index (χ0n) is 19.0. The Balaban J connectivity index is 1.68. The normalized spacial score (nSPS) is 15.2. The second-order valence-corrected chi connectivity index (χ2v) is 7.72. The summed E-state index contributed by atoms with van der Waals surface area (Å²) in [6.07, 6.45) is 2.36. The van der Waals surface area contributed by atoms with Crippen LogP contribution in [0.15, 0.2) is 72.2 Å². The van der Waals surface area contributed by atoms with E-state index in [0.29, 0.717) is 22.9 Å². The number of hydrogen-bond donors (Lipinski definition) is 1. The number of anilines is 2. The van der Waals surface area contributed by atoms with Gasteiger partial charge in [-0.1, -0.05) is 49.4 Å². The van der Waals surface area contributed by atoms with Crippen molar-refractivity contribution in [3.05, 3.63) is 83.3 Å². The molecular formula is C25H27N5O3. The van der Waals surface area contributed by atoms with Crippen LogP contribution in [-0.2, 0) is 20.7 Å². The summed E-state index contributed by atoms with van der Waals surface area (Å²) < 4.78 is 7.04. The second kappa shape index (κ2) is 9.68. The van der Waals surface area contributed by atoms with Gasteiger partial charge in [-0.3, -0.25) is 4.79 Å². The Bertz CT molecular complexity index is 1170. The van der Waals surface area contributed by atoms with Crippen LogP contribution in [0.25, 0.3) is 0 Å². The summed E-state index contributed by atoms with van der Waals surface area (Å²) in [5.74, 6) is -0.175. The van der Waals surface area contributed by atoms with E-state index in [1.54, 1.807) is 16.5 Å². The number of aromatic nitrogens is 3. The Hall–Kier alpha value is -3.94. The summed E-state index contributed by atoms with van der Waals surface area (Å²) in [5.41, 5.74) is 3.83. The lowest BCUT2D eigenvalue weighted by Gasteiger charge is -2.35. The molecule has 0 saturated carbocycles. The van der Waals surface area contributed by atoms with Gasteiger partial charge in [0.1, 0.15) is 18.9 Å². The first-order valence-corrected chi connectivity index (χ1v) is 11.0. The highest BCUT2D eigenvalue weighted by molar-refractivity contribution is 5.96. The van der Waals surface area contributed by atoms with E-state index in [4.69, 9.17) is 4.74 Å². The van der Waals surface area contributed by atoms with Crippen LogP contribution in [0, 0.1) is 0 Å². The SMILES string of the molecule is CCOC(=O)C1=C(C)N(CC(=O)Nc2ccc(CC)cc2)c2ncnn2C1c1ccccc1. The third-order valence-electron chi connectivity index (χ3n) is 5.67. The zero-order chi connectivity index (χ0) is 23.4. The van der Waals surface area contributed by atoms with E-state index in [1.165, 1.54) is 11.9 Å². The average Bonchev–Trinajstić information content (AvgIpc) is 3.31. The summed E-state index contributed by atoms with van der Waals surface area (Å²) in [4.78, 5) is 32.1. The van der Waals surface area contributed by atoms with Gasteiger partial charge >= 0.3 is 5.97 Å². The molecule has 1 aliphatic rings. The Morgan fingerprint density at radius 2 is 1.79 bits per heavy atom. The number of esters is 1. The number of carbonyl (C=O) groups is 2. The molecule has 1 amide bonds. The molecule has 0 spiro atoms. The standard InChI is InChI=1S/C25H27N5O3/c1-4-18-11-13-20(14-12-18)28-21(31)15-29-17(3)22(24(32)33-5-2)23(19-9-7-6-8-10-19)30-25(29)26-16-27-30/h6-14,16,23H,4-5,15H2,1-3H3,(H,28,31). The highest BCUT2D eigenvalue weighted by Crippen LogP contribution is 2.38. The van der Waals surface area contributed by atoms with Crippen LogP contribution in [-0.4, -0.2) is 39.8 Å². The minimum Gasteiger partial charge on any atom is -0.463 e. The van der Waals surface area contributed by atoms with Gasteiger partial charge in [-0.25, -0.2) is 9.48 Å². The molecule has 0 fully saturated rings. The average molecular weight is 446 g/mol. The van der Waals surface area contributed by atoms with Gasteiger partial charge in [0.15, 0.2) is 0 Å². The number of amides is 1. The van der Waals surface area contributed by atoms with Crippen LogP contribution in [0.3, 0.4) is 0 Å². The lowest BCUT2D eigenvalue weighted by molar-refractivity contribution is -0.139. The van der Waals surface area contributed by atoms with E-state index in [0.717, 1.165) is 12.0 Å². The Morgan fingerprint density at radius 1 is 1.06 bits per heavy atom. The minimum atomic E-state index is -0.497. The van der Waals surface area contributed by atoms with E-state index < -0.39 is 12.0 Å². The maximum atomic E-state index is 13.0. The molecule has 0 radical (unpaired) electrons. The van der Waals surface area contributed by atoms with Gasteiger partial charge < -0.3 is 15.0 Å². The van der Waals surface area contributed by atoms with Crippen molar-refractivity contribution < 1.29 is 14.3 Å². The fourth-order valence-corrected chi connectivity index (χ4v) is 4.00. The topological polar surface area (TPSA) is 89.3 Å². The molecule has 2 aromatic carbocycles. The van der Waals surface area contributed by atoms with Gasteiger partial charge in [0.05, 0.1) is 12.2 Å². The molecule has 1 unspecified atom stereocenters. The second-order valence-electron chi connectivity index (χ2n) is 7.72. The molecule has 1 aliphatic heterocycles. The van der Waals surface area contributed by atoms with Crippen LogP contribution in [0.4, 0.5) is 11.6 Å². The third-order valence-corrected chi connectivity index (χ3v) is 5.67. The number of nitrogens with one attached hydrogen (secondary N) is 1. The number of carbonyl (C=O) groups excluding carboxylic acids is 2. The number of aryl methyl sites for hydroxylation is 1. The summed E-state index contributed by atoms with van der Waals surface area (Å²) in [7, 11) is 0. The molecule has 3 aromatic rings. The Morgan fingerprint density at radius 3 is 2.45 bits per heavy atom. The molecule has 1 atom stereocenters. The van der Waals surface area contributed by atoms with Gasteiger partial charge in [-0.2, -0.15) is 10.1 Å². The van der Waals surface area contributed by atoms with E-state index in [-0.39, 0.29) is 19.1 Å². The minimum absolute atomic E-state index is 0.0233. The van der Waals surface area contributed by atoms with Crippen molar-refractivity contribution >= 4 is 23.5 Å². The van der Waals surface area contributed by atoms with Gasteiger partial charge in [-0.15, -0.1) is 0 Å². The number of allylic oxidation sites excluding steroid dienone is 1. The van der Waals surface area contributed by atoms with Crippen molar-refractivity contribution in [3.63, 3.8) is 0 Å². The lowest BCUT2D eigenvalue weighted by atomic mass is 9.95. The number of ether oxygens (including phenoxy) is 1. The highest BCUT2D eigenvalue weighted by Gasteiger charge is 2.38. The molecule has 0 aliphatic carbocycles. The summed E-state index contributed by atoms with van der Waals surface area (Å²) in [6, 6.07) is 16.9. The van der Waals surface area contributed by atoms with Crippen LogP contribution >= 0.6 is 0 Å². The predicted octanol–water partition coefficient (Wildman–Crippen LogP) is 3.73. The highest BCUT2D eigenvalue weighted by atomic mass is 16.5. The lowest BCUT2D eigenvalue weighted by Crippen LogP contribution is -2.40. The van der Waals surface area contributed by atoms with E-state index in [2.05, 4.69) is 22.3 Å². The molecule has 170 valence electrons. The number of fused-ring (bicyclic) bond motifs is 1. The first-order chi connectivity index (χ1) is 16.0. The maximum Gasteiger partial charge on any atom is 0.338 e. The van der Waals surface area contributed by atoms with Crippen molar-refractivity contribution in [3.8, 4) is 0 Å². The first kappa shape index (κ1) is 22.3. The summed E-state index contributed by atoms with van der Waals surface area (Å²) in [5, 5.41) is 7.31. The van der Waals surface area contributed by atoms with E-state index in [9.17, 15) is 9.59 Å². The zero-order valence-corrected chi connectivity index (χ0v) is 19.0. The molecule has 33 heavy (non-hydrogen) atoms. The van der Waals surface area contributed by atoms with Crippen molar-refractivity contribution in [2.75, 3.05) is 23.4 Å². The number of hydrogen-bond acceptors (Lipinski definition) is 6. The fraction of sp³-hybridized carbons (Fsp3) is 0.280. The van der Waals surface area contributed by atoms with E-state index in [1.807, 2.05) is 61.5 Å². The monoisotopic (exact) mass is 445 g/mol. The first-order valence-electron chi connectivity index (χ1n) is 11.0. The Kier molecular flexibility index (Phi) is 6.53. The molecule has 8 heteroatoms. The summed E-state index contributed by atoms with van der Waals surface area (Å²) in [6.45, 7) is 5.88. The van der Waals surface area contributed by atoms with Gasteiger partial charge in [-0.05, 0) is 43.5 Å². The van der Waals surface area contributed by atoms with Crippen molar-refractivity contribution in [2.45, 2.75) is 33.2 Å². The van der Waals surface area contributed by atoms with Gasteiger partial charge in [0, 0.05) is 11.4 Å². The molecule has 0 saturated heterocycles. The fourth-order valence-electron chi connectivity index (χ4n) is 4.00. The molecule has 1 N–H and O–H groups in total. The smallest absolute Gasteiger partial charge is 0.338 e.